The van der Waals surface area contributed by atoms with Crippen LogP contribution in [0.25, 0.3) is 0 Å². The van der Waals surface area contributed by atoms with Crippen LogP contribution in [0.3, 0.4) is 0 Å². The van der Waals surface area contributed by atoms with E-state index >= 15 is 0 Å². The van der Waals surface area contributed by atoms with Gasteiger partial charge in [-0.2, -0.15) is 0 Å². The lowest BCUT2D eigenvalue weighted by Gasteiger charge is -2.36. The van der Waals surface area contributed by atoms with Crippen LogP contribution in [-0.2, 0) is 11.3 Å². The lowest BCUT2D eigenvalue weighted by Crippen LogP contribution is -2.51. The monoisotopic (exact) mass is 316 g/mol. The minimum Gasteiger partial charge on any atom is -0.343 e. The highest BCUT2D eigenvalue weighted by molar-refractivity contribution is 7.80. The predicted molar refractivity (Wildman–Crippen MR) is 90.6 cm³/mol. The van der Waals surface area contributed by atoms with E-state index in [1.165, 1.54) is 4.88 Å². The smallest absolute Gasteiger partial charge is 0.235 e. The first kappa shape index (κ1) is 14.2. The first-order chi connectivity index (χ1) is 10.1. The number of hydrogen-bond donors (Lipinski definition) is 0. The maximum Gasteiger partial charge on any atom is 0.235 e. The molecule has 108 valence electrons. The van der Waals surface area contributed by atoms with Gasteiger partial charge in [-0.1, -0.05) is 18.2 Å². The minimum atomic E-state index is 0.0769. The number of thiophene rings is 1. The Morgan fingerprint density at radius 2 is 2.14 bits per heavy atom. The molecule has 1 aromatic carbocycles. The van der Waals surface area contributed by atoms with Crippen LogP contribution < -0.4 is 4.90 Å². The number of carbonyl (C=O) groups is 1. The Morgan fingerprint density at radius 1 is 1.29 bits per heavy atom. The molecule has 5 heteroatoms. The standard InChI is InChI=1S/C16H16N2OS2/c1-12-4-2-5-13(10-12)18-15(19)7-8-17(16(18)20)11-14-6-3-9-21-14/h2-6,9-10H,7-8,11H2,1H3. The van der Waals surface area contributed by atoms with Crippen molar-refractivity contribution in [2.45, 2.75) is 19.9 Å². The molecule has 1 aliphatic heterocycles. The summed E-state index contributed by atoms with van der Waals surface area (Å²) < 4.78 is 0. The van der Waals surface area contributed by atoms with E-state index < -0.39 is 0 Å². The van der Waals surface area contributed by atoms with Crippen molar-refractivity contribution in [3.8, 4) is 0 Å². The molecule has 1 aromatic heterocycles. The number of rotatable bonds is 3. The molecule has 2 aromatic rings. The predicted octanol–water partition coefficient (Wildman–Crippen LogP) is 3.58. The number of anilines is 1. The third-order valence-electron chi connectivity index (χ3n) is 3.49. The molecule has 0 atom stereocenters. The van der Waals surface area contributed by atoms with Crippen LogP contribution in [0.2, 0.25) is 0 Å². The van der Waals surface area contributed by atoms with Gasteiger partial charge in [0.2, 0.25) is 5.91 Å². The third-order valence-corrected chi connectivity index (χ3v) is 4.80. The van der Waals surface area contributed by atoms with E-state index in [1.807, 2.05) is 37.3 Å². The number of aryl methyl sites for hydroxylation is 1. The van der Waals surface area contributed by atoms with Crippen molar-refractivity contribution in [2.75, 3.05) is 11.4 Å². The summed E-state index contributed by atoms with van der Waals surface area (Å²) in [5, 5.41) is 2.66. The average Bonchev–Trinajstić information content (AvgIpc) is 2.95. The largest absolute Gasteiger partial charge is 0.343 e. The molecule has 0 spiro atoms. The number of carbonyl (C=O) groups excluding carboxylic acids is 1. The first-order valence-corrected chi connectivity index (χ1v) is 8.15. The zero-order valence-electron chi connectivity index (χ0n) is 11.8. The van der Waals surface area contributed by atoms with Crippen molar-refractivity contribution in [3.63, 3.8) is 0 Å². The molecular weight excluding hydrogens is 300 g/mol. The summed E-state index contributed by atoms with van der Waals surface area (Å²) in [6.45, 7) is 3.48. The van der Waals surface area contributed by atoms with Crippen LogP contribution in [0.5, 0.6) is 0 Å². The summed E-state index contributed by atoms with van der Waals surface area (Å²) in [4.78, 5) is 17.3. The minimum absolute atomic E-state index is 0.0769. The number of hydrogen-bond acceptors (Lipinski definition) is 3. The van der Waals surface area contributed by atoms with Gasteiger partial charge in [0.25, 0.3) is 0 Å². The topological polar surface area (TPSA) is 23.6 Å². The fraction of sp³-hybridized carbons (Fsp3) is 0.250. The van der Waals surface area contributed by atoms with E-state index in [0.29, 0.717) is 18.1 Å². The van der Waals surface area contributed by atoms with Crippen LogP contribution in [-0.4, -0.2) is 22.5 Å². The summed E-state index contributed by atoms with van der Waals surface area (Å²) in [5.41, 5.74) is 1.99. The number of benzene rings is 1. The molecule has 0 bridgehead atoms. The Bertz CT molecular complexity index is 667. The molecule has 3 nitrogen and oxygen atoms in total. The fourth-order valence-electron chi connectivity index (χ4n) is 2.44. The lowest BCUT2D eigenvalue weighted by molar-refractivity contribution is -0.118. The van der Waals surface area contributed by atoms with Gasteiger partial charge in [-0.05, 0) is 48.3 Å². The highest BCUT2D eigenvalue weighted by Gasteiger charge is 2.30. The second kappa shape index (κ2) is 5.95. The van der Waals surface area contributed by atoms with Crippen molar-refractivity contribution >= 4 is 40.3 Å². The molecule has 1 fully saturated rings. The van der Waals surface area contributed by atoms with Crippen LogP contribution in [0, 0.1) is 6.92 Å². The maximum absolute atomic E-state index is 12.3. The molecule has 0 aliphatic carbocycles. The molecule has 3 rings (SSSR count). The summed E-state index contributed by atoms with van der Waals surface area (Å²) >= 11 is 7.27. The maximum atomic E-state index is 12.3. The van der Waals surface area contributed by atoms with Gasteiger partial charge in [-0.3, -0.25) is 9.69 Å². The van der Waals surface area contributed by atoms with Gasteiger partial charge >= 0.3 is 0 Å². The van der Waals surface area contributed by atoms with E-state index in [0.717, 1.165) is 17.8 Å². The van der Waals surface area contributed by atoms with E-state index in [1.54, 1.807) is 16.2 Å². The van der Waals surface area contributed by atoms with Gasteiger partial charge in [0.05, 0.1) is 12.2 Å². The Hall–Kier alpha value is -1.72. The Morgan fingerprint density at radius 3 is 2.86 bits per heavy atom. The van der Waals surface area contributed by atoms with Crippen molar-refractivity contribution < 1.29 is 4.79 Å². The highest BCUT2D eigenvalue weighted by atomic mass is 32.1. The Balaban J connectivity index is 1.85. The quantitative estimate of drug-likeness (QED) is 0.809. The van der Waals surface area contributed by atoms with Gasteiger partial charge in [-0.25, -0.2) is 0 Å². The molecule has 0 saturated carbocycles. The van der Waals surface area contributed by atoms with Crippen LogP contribution in [0.1, 0.15) is 16.9 Å². The summed E-state index contributed by atoms with van der Waals surface area (Å²) in [5.74, 6) is 0.0769. The Labute approximate surface area is 133 Å². The van der Waals surface area contributed by atoms with Crippen molar-refractivity contribution in [3.05, 3.63) is 52.2 Å². The normalized spacial score (nSPS) is 15.7. The molecule has 1 amide bonds. The molecular formula is C16H16N2OS2. The van der Waals surface area contributed by atoms with Gasteiger partial charge in [0, 0.05) is 17.8 Å². The summed E-state index contributed by atoms with van der Waals surface area (Å²) in [7, 11) is 0. The molecule has 0 radical (unpaired) electrons. The van der Waals surface area contributed by atoms with E-state index in [4.69, 9.17) is 12.2 Å². The molecule has 1 aliphatic rings. The number of amides is 1. The van der Waals surface area contributed by atoms with E-state index in [-0.39, 0.29) is 5.91 Å². The summed E-state index contributed by atoms with van der Waals surface area (Å²) in [6, 6.07) is 12.0. The molecule has 0 N–H and O–H groups in total. The highest BCUT2D eigenvalue weighted by Crippen LogP contribution is 2.24. The number of thiocarbonyl (C=S) groups is 1. The third kappa shape index (κ3) is 2.99. The number of nitrogens with zero attached hydrogens (tertiary/aromatic N) is 2. The molecule has 1 saturated heterocycles. The van der Waals surface area contributed by atoms with E-state index in [2.05, 4.69) is 16.3 Å². The van der Waals surface area contributed by atoms with Crippen LogP contribution in [0.4, 0.5) is 5.69 Å². The van der Waals surface area contributed by atoms with Crippen molar-refractivity contribution in [1.82, 2.24) is 4.90 Å². The van der Waals surface area contributed by atoms with Gasteiger partial charge in [-0.15, -0.1) is 11.3 Å². The molecule has 21 heavy (non-hydrogen) atoms. The fourth-order valence-corrected chi connectivity index (χ4v) is 3.53. The Kier molecular flexibility index (Phi) is 4.03. The van der Waals surface area contributed by atoms with Gasteiger partial charge in [0.1, 0.15) is 0 Å². The van der Waals surface area contributed by atoms with Crippen molar-refractivity contribution in [1.29, 1.82) is 0 Å². The van der Waals surface area contributed by atoms with Crippen molar-refractivity contribution in [2.24, 2.45) is 0 Å². The zero-order valence-corrected chi connectivity index (χ0v) is 13.4. The van der Waals surface area contributed by atoms with Crippen LogP contribution in [0.15, 0.2) is 41.8 Å². The molecule has 2 heterocycles. The second-order valence-electron chi connectivity index (χ2n) is 5.10. The summed E-state index contributed by atoms with van der Waals surface area (Å²) in [6.07, 6.45) is 0.499. The van der Waals surface area contributed by atoms with E-state index in [9.17, 15) is 4.79 Å². The average molecular weight is 316 g/mol. The second-order valence-corrected chi connectivity index (χ2v) is 6.50. The first-order valence-electron chi connectivity index (χ1n) is 6.86. The SMILES string of the molecule is Cc1cccc(N2C(=O)CCN(Cc3cccs3)C2=S)c1. The van der Waals surface area contributed by atoms with Gasteiger partial charge in [0.15, 0.2) is 5.11 Å². The van der Waals surface area contributed by atoms with Crippen LogP contribution >= 0.6 is 23.6 Å². The zero-order chi connectivity index (χ0) is 14.8. The molecule has 0 unspecified atom stereocenters. The van der Waals surface area contributed by atoms with Gasteiger partial charge < -0.3 is 4.90 Å². The lowest BCUT2D eigenvalue weighted by atomic mass is 10.2.